The van der Waals surface area contributed by atoms with Gasteiger partial charge in [0.15, 0.2) is 28.2 Å². The monoisotopic (exact) mass is 1890 g/mol. The van der Waals surface area contributed by atoms with E-state index < -0.39 is 0 Å². The van der Waals surface area contributed by atoms with E-state index in [1.54, 1.807) is 7.05 Å². The minimum absolute atomic E-state index is 0.0421. The molecule has 0 radical (unpaired) electrons. The zero-order chi connectivity index (χ0) is 98.0. The zero-order valence-electron chi connectivity index (χ0n) is 81.2. The van der Waals surface area contributed by atoms with E-state index in [9.17, 15) is 24.9 Å². The van der Waals surface area contributed by atoms with Crippen LogP contribution in [-0.2, 0) is 0 Å². The number of aromatic nitrogens is 15. The van der Waals surface area contributed by atoms with Crippen molar-refractivity contribution in [1.29, 1.82) is 10.5 Å². The highest BCUT2D eigenvalue weighted by molar-refractivity contribution is 6.11. The molecule has 0 saturated carbocycles. The summed E-state index contributed by atoms with van der Waals surface area (Å²) in [6.45, 7) is 17.7. The lowest BCUT2D eigenvalue weighted by Crippen LogP contribution is -2.43. The first-order valence-corrected chi connectivity index (χ1v) is 49.0. The van der Waals surface area contributed by atoms with Gasteiger partial charge in [0.1, 0.15) is 40.4 Å². The lowest BCUT2D eigenvalue weighted by molar-refractivity contribution is 0.0939. The van der Waals surface area contributed by atoms with Gasteiger partial charge in [-0.15, -0.1) is 0 Å². The van der Waals surface area contributed by atoms with Crippen LogP contribution in [0.1, 0.15) is 120 Å². The Bertz CT molecular complexity index is 8450. The van der Waals surface area contributed by atoms with E-state index in [0.29, 0.717) is 74.7 Å². The van der Waals surface area contributed by atoms with Crippen LogP contribution in [0.15, 0.2) is 207 Å². The number of imidazole rings is 5. The molecule has 15 aromatic heterocycles. The van der Waals surface area contributed by atoms with Gasteiger partial charge >= 0.3 is 0 Å². The van der Waals surface area contributed by atoms with Crippen LogP contribution in [0.5, 0.6) is 0 Å². The number of nitriles is 2. The van der Waals surface area contributed by atoms with E-state index in [2.05, 4.69) is 123 Å². The van der Waals surface area contributed by atoms with Gasteiger partial charge in [0.2, 0.25) is 0 Å². The smallest absolute Gasteiger partial charge is 0.255 e. The number of carbonyl (C=O) groups is 3. The van der Waals surface area contributed by atoms with Gasteiger partial charge in [-0.2, -0.15) is 10.5 Å². The molecule has 0 unspecified atom stereocenters. The summed E-state index contributed by atoms with van der Waals surface area (Å²) in [4.78, 5) is 102. The number of amides is 3. The first kappa shape index (κ1) is 92.4. The Kier molecular flexibility index (Phi) is 25.2. The predicted octanol–water partition coefficient (Wildman–Crippen LogP) is 14.5. The predicted molar refractivity (Wildman–Crippen MR) is 565 cm³/mol. The van der Waals surface area contributed by atoms with Gasteiger partial charge < -0.3 is 67.5 Å². The van der Waals surface area contributed by atoms with Crippen LogP contribution < -0.4 is 57.7 Å². The van der Waals surface area contributed by atoms with Crippen LogP contribution in [-0.4, -0.2) is 243 Å². The van der Waals surface area contributed by atoms with Crippen LogP contribution >= 0.6 is 0 Å². The van der Waals surface area contributed by atoms with Crippen molar-refractivity contribution in [3.05, 3.63) is 240 Å². The maximum Gasteiger partial charge on any atom is 0.255 e. The molecule has 5 aromatic carbocycles. The molecule has 5 atom stereocenters. The van der Waals surface area contributed by atoms with Crippen molar-refractivity contribution in [3.8, 4) is 12.1 Å². The molecule has 5 fully saturated rings. The Morgan fingerprint density at radius 1 is 0.380 bits per heavy atom. The van der Waals surface area contributed by atoms with Gasteiger partial charge in [-0.3, -0.25) is 36.4 Å². The number of nitrogens with two attached hydrogens (primary N) is 3. The maximum absolute atomic E-state index is 13.2. The normalized spacial score (nSPS) is 17.4. The molecule has 25 rings (SSSR count). The topological polar surface area (TPSA) is 387 Å². The molecule has 3 amide bonds. The number of nitrogens with zero attached hydrogens (tertiary/aromatic N) is 24. The second-order valence-electron chi connectivity index (χ2n) is 38.4. The number of rotatable bonds is 12. The third-order valence-electron chi connectivity index (χ3n) is 28.3. The summed E-state index contributed by atoms with van der Waals surface area (Å²) < 4.78 is 10.1. The van der Waals surface area contributed by atoms with Gasteiger partial charge in [-0.1, -0.05) is 60.7 Å². The fraction of sp³-hybridized carbons (Fsp3) is 0.312. The molecule has 5 aliphatic rings. The fourth-order valence-electron chi connectivity index (χ4n) is 21.4. The molecule has 0 spiro atoms. The van der Waals surface area contributed by atoms with Crippen molar-refractivity contribution in [3.63, 3.8) is 0 Å². The fourth-order valence-corrected chi connectivity index (χ4v) is 21.4. The molecule has 20 heterocycles. The van der Waals surface area contributed by atoms with E-state index in [-0.39, 0.29) is 41.9 Å². The average Bonchev–Trinajstić information content (AvgIpc) is 1.66. The van der Waals surface area contributed by atoms with E-state index in [4.69, 9.17) is 47.1 Å². The largest absolute Gasteiger partial charge is 0.369 e. The van der Waals surface area contributed by atoms with Crippen molar-refractivity contribution in [2.24, 2.45) is 17.2 Å². The molecule has 20 aromatic rings. The minimum atomic E-state index is -0.160. The summed E-state index contributed by atoms with van der Waals surface area (Å²) >= 11 is 0. The number of nitrogens with one attached hydrogen (secondary N) is 3. The number of piperidine rings is 3. The van der Waals surface area contributed by atoms with Crippen LogP contribution in [0.4, 0.5) is 28.4 Å². The molecule has 0 aliphatic carbocycles. The average molecular weight is 1890 g/mol. The van der Waals surface area contributed by atoms with Crippen LogP contribution in [0, 0.1) is 29.6 Å². The zero-order valence-corrected chi connectivity index (χ0v) is 81.2. The molecule has 718 valence electrons. The molecule has 142 heavy (non-hydrogen) atoms. The summed E-state index contributed by atoms with van der Waals surface area (Å²) in [5.41, 5.74) is 44.3. The number of hydrogen-bond acceptors (Lipinski definition) is 25. The van der Waals surface area contributed by atoms with Crippen LogP contribution in [0.25, 0.3) is 139 Å². The van der Waals surface area contributed by atoms with Crippen LogP contribution in [0.3, 0.4) is 0 Å². The van der Waals surface area contributed by atoms with Gasteiger partial charge in [0.25, 0.3) is 17.7 Å². The SMILES string of the molecule is CC(C)NC(=O)c1cc2c(N3CC[C@H](N(C)C)C3)ccnc2n2c1nc1ccccc12.CCNC(=O)c1cc2c(N3CCC[C@@H](N)C3)ccnc2n2c1nc1ccccc12.CNC(=O)c1cc2c(N3CCC[C@@H](N)C3)ccnc2n2c1nc1ccccc12.Cc1cc(N2CC[C@H](N(C)C)C2)c2cc(C#N)c3nc4ccccc4n3c2n1.N#Cc1cc2c(N3CCC[C@@H](N)C3)ccnc2n2c1nc1ccccc12. The van der Waals surface area contributed by atoms with Crippen LogP contribution in [0.2, 0.25) is 0 Å². The standard InChI is InChI=1S/C24H28N6O.C22H24N6O.C22H22N6.C21H22N6O.C20H18N6/c1-15(2)26-24(31)18-13-17-20(29-12-10-16(14-29)28(3)4)9-11-25-22(17)30-21-8-6-5-7-19(21)27-23(18)30;1-2-24-22(29)16-12-15-18(27-11-5-6-14(23)13-27)9-10-25-20(15)28-19-8-4-3-7-17(19)26-21(16)28;1-14-10-20(27-9-8-16(13-27)26(2)3)17-11-15(12-23)21-25-18-6-4-5-7-19(18)28(21)22(17)24-14;1-23-21(28)15-11-14-17(26-10-4-5-13(22)12-26)8-9-24-19(14)27-18-7-3-2-6-16(18)25-20(15)27;21-11-13-10-15-17(25-9-3-4-14(22)12-25)7-8-23-20(15)26-18-6-2-1-5-16(18)24-19(13)26/h5-9,11,13,15-16H,10,12,14H2,1-4H3,(H,26,31);3-4,7-10,12,14H,2,5-6,11,13,23H2,1H3,(H,24,29);4-7,10-11,16H,8-9,13H2,1-3H3;2-3,6-9,11,13H,4-5,10,12,22H2,1H3,(H,23,28);1-2,5-8,10,14H,3-4,9,12,22H2/t16-;14-;16-;13-;14-/m01011/s1. The maximum atomic E-state index is 13.2. The summed E-state index contributed by atoms with van der Waals surface area (Å²) in [6.07, 6.45) is 15.9. The van der Waals surface area contributed by atoms with E-state index in [1.165, 1.54) is 0 Å². The highest BCUT2D eigenvalue weighted by Gasteiger charge is 2.33. The molecular formula is C109H114N30O3. The Hall–Kier alpha value is -15.9. The van der Waals surface area contributed by atoms with Crippen molar-refractivity contribution in [1.82, 2.24) is 97.6 Å². The van der Waals surface area contributed by atoms with Gasteiger partial charge in [-0.25, -0.2) is 49.8 Å². The Morgan fingerprint density at radius 3 is 1.02 bits per heavy atom. The Labute approximate surface area is 819 Å². The highest BCUT2D eigenvalue weighted by atomic mass is 16.2. The first-order valence-electron chi connectivity index (χ1n) is 49.0. The first-order chi connectivity index (χ1) is 69.1. The number of anilines is 5. The van der Waals surface area contributed by atoms with E-state index in [0.717, 1.165) is 261 Å². The molecule has 0 bridgehead atoms. The molecular weight excluding hydrogens is 1780 g/mol. The Balaban J connectivity index is 0.000000105. The van der Waals surface area contributed by atoms with Gasteiger partial charge in [-0.05, 0) is 229 Å². The number of aryl methyl sites for hydroxylation is 1. The number of benzene rings is 5. The van der Waals surface area contributed by atoms with E-state index in [1.807, 2.05) is 244 Å². The third-order valence-corrected chi connectivity index (χ3v) is 28.3. The summed E-state index contributed by atoms with van der Waals surface area (Å²) in [5, 5.41) is 33.0. The Morgan fingerprint density at radius 2 is 0.690 bits per heavy atom. The molecule has 5 aliphatic heterocycles. The van der Waals surface area contributed by atoms with Crippen molar-refractivity contribution < 1.29 is 14.4 Å². The summed E-state index contributed by atoms with van der Waals surface area (Å²) in [6, 6.07) is 65.9. The minimum Gasteiger partial charge on any atom is -0.369 e. The van der Waals surface area contributed by atoms with Crippen molar-refractivity contribution in [2.75, 3.05) is 132 Å². The molecule has 5 saturated heterocycles. The lowest BCUT2D eigenvalue weighted by Gasteiger charge is -2.33. The number of carbonyl (C=O) groups excluding carboxylic acids is 3. The number of pyridine rings is 10. The summed E-state index contributed by atoms with van der Waals surface area (Å²) in [5.74, 6) is -0.396. The van der Waals surface area contributed by atoms with Gasteiger partial charge in [0.05, 0.1) is 83.0 Å². The van der Waals surface area contributed by atoms with E-state index >= 15 is 0 Å². The number of likely N-dealkylation sites (N-methyl/N-ethyl adjacent to an activating group) is 2. The lowest BCUT2D eigenvalue weighted by atomic mass is 10.0. The second-order valence-corrected chi connectivity index (χ2v) is 38.4. The quantitative estimate of drug-likeness (QED) is 0.0661. The number of hydrogen-bond donors (Lipinski definition) is 6. The number of para-hydroxylation sites is 10. The molecule has 33 heteroatoms. The molecule has 9 N–H and O–H groups in total. The summed E-state index contributed by atoms with van der Waals surface area (Å²) in [7, 11) is 10.2. The third kappa shape index (κ3) is 17.0. The van der Waals surface area contributed by atoms with Gasteiger partial charge in [0, 0.05) is 201 Å². The molecule has 33 nitrogen and oxygen atoms in total. The highest BCUT2D eigenvalue weighted by Crippen LogP contribution is 2.41. The van der Waals surface area contributed by atoms with Crippen molar-refractivity contribution >= 4 is 185 Å². The second kappa shape index (κ2) is 38.7. The van der Waals surface area contributed by atoms with Crippen molar-refractivity contribution in [2.45, 2.75) is 115 Å². The number of fused-ring (bicyclic) bond motifs is 25.